The average molecular weight is 266 g/mol. The highest BCUT2D eigenvalue weighted by Crippen LogP contribution is 2.26. The Labute approximate surface area is 118 Å². The summed E-state index contributed by atoms with van der Waals surface area (Å²) < 4.78 is 5.58. The van der Waals surface area contributed by atoms with E-state index in [4.69, 9.17) is 4.42 Å². The number of nitrogens with zero attached hydrogens (tertiary/aromatic N) is 1. The quantitative estimate of drug-likeness (QED) is 0.748. The Balaban J connectivity index is 1.89. The summed E-state index contributed by atoms with van der Waals surface area (Å²) in [5, 5.41) is 3.38. The molecule has 0 bridgehead atoms. The number of fused-ring (bicyclic) bond motifs is 1. The molecule has 1 aromatic heterocycles. The van der Waals surface area contributed by atoms with Gasteiger partial charge in [-0.3, -0.25) is 0 Å². The molecule has 20 heavy (non-hydrogen) atoms. The minimum atomic E-state index is 0.705. The lowest BCUT2D eigenvalue weighted by Gasteiger charge is -2.06. The number of hydrogen-bond acceptors (Lipinski definition) is 3. The molecule has 0 atom stereocenters. The molecule has 1 N–H and O–H groups in total. The van der Waals surface area contributed by atoms with Crippen molar-refractivity contribution in [3.8, 4) is 11.1 Å². The van der Waals surface area contributed by atoms with Gasteiger partial charge >= 0.3 is 0 Å². The topological polar surface area (TPSA) is 38.1 Å². The number of oxazole rings is 1. The fraction of sp³-hybridized carbons (Fsp3) is 0.235. The minimum absolute atomic E-state index is 0.705. The van der Waals surface area contributed by atoms with Crippen molar-refractivity contribution in [2.24, 2.45) is 0 Å². The summed E-state index contributed by atoms with van der Waals surface area (Å²) in [6.07, 6.45) is 1.13. The van der Waals surface area contributed by atoms with Crippen molar-refractivity contribution >= 4 is 16.8 Å². The molecule has 0 saturated carbocycles. The molecule has 0 radical (unpaired) electrons. The second-order valence-electron chi connectivity index (χ2n) is 4.92. The van der Waals surface area contributed by atoms with Gasteiger partial charge in [-0.25, -0.2) is 4.98 Å². The second-order valence-corrected chi connectivity index (χ2v) is 4.92. The average Bonchev–Trinajstić information content (AvgIpc) is 2.84. The van der Waals surface area contributed by atoms with E-state index in [2.05, 4.69) is 47.6 Å². The molecule has 3 nitrogen and oxygen atoms in total. The first kappa shape index (κ1) is 12.7. The van der Waals surface area contributed by atoms with E-state index in [0.717, 1.165) is 35.3 Å². The third-order valence-corrected chi connectivity index (χ3v) is 3.29. The van der Waals surface area contributed by atoms with Gasteiger partial charge in [0.05, 0.1) is 0 Å². The van der Waals surface area contributed by atoms with Crippen molar-refractivity contribution in [1.29, 1.82) is 0 Å². The molecule has 3 heteroatoms. The Hall–Kier alpha value is -2.29. The predicted octanol–water partition coefficient (Wildman–Crippen LogP) is 4.63. The van der Waals surface area contributed by atoms with E-state index in [9.17, 15) is 0 Å². The van der Waals surface area contributed by atoms with E-state index in [1.165, 1.54) is 5.56 Å². The van der Waals surface area contributed by atoms with Gasteiger partial charge in [-0.2, -0.15) is 0 Å². The van der Waals surface area contributed by atoms with Crippen LogP contribution in [0.1, 0.15) is 19.2 Å². The molecule has 0 saturated heterocycles. The Morgan fingerprint density at radius 1 is 1.05 bits per heavy atom. The molecule has 2 aromatic carbocycles. The third-order valence-electron chi connectivity index (χ3n) is 3.29. The summed E-state index contributed by atoms with van der Waals surface area (Å²) in [7, 11) is 0. The normalized spacial score (nSPS) is 10.9. The van der Waals surface area contributed by atoms with Crippen LogP contribution in [-0.2, 0) is 0 Å². The molecular formula is C17H18N2O. The molecule has 102 valence electrons. The fourth-order valence-electron chi connectivity index (χ4n) is 2.27. The van der Waals surface area contributed by atoms with Gasteiger partial charge in [0.1, 0.15) is 5.52 Å². The van der Waals surface area contributed by atoms with Crippen LogP contribution in [0.4, 0.5) is 5.69 Å². The van der Waals surface area contributed by atoms with E-state index in [1.807, 2.05) is 19.1 Å². The van der Waals surface area contributed by atoms with E-state index >= 15 is 0 Å². The highest BCUT2D eigenvalue weighted by Gasteiger charge is 2.04. The first-order valence-electron chi connectivity index (χ1n) is 6.98. The smallest absolute Gasteiger partial charge is 0.192 e. The zero-order valence-electron chi connectivity index (χ0n) is 11.8. The van der Waals surface area contributed by atoms with Crippen LogP contribution in [0.3, 0.4) is 0 Å². The molecule has 0 spiro atoms. The lowest BCUT2D eigenvalue weighted by molar-refractivity contribution is 0.561. The van der Waals surface area contributed by atoms with Crippen LogP contribution in [0.2, 0.25) is 0 Å². The van der Waals surface area contributed by atoms with E-state index in [-0.39, 0.29) is 0 Å². The number of benzene rings is 2. The Kier molecular flexibility index (Phi) is 3.42. The zero-order chi connectivity index (χ0) is 13.9. The molecule has 0 amide bonds. The largest absolute Gasteiger partial charge is 0.441 e. The maximum Gasteiger partial charge on any atom is 0.192 e. The van der Waals surface area contributed by atoms with Gasteiger partial charge in [-0.15, -0.1) is 0 Å². The van der Waals surface area contributed by atoms with Crippen LogP contribution in [0.5, 0.6) is 0 Å². The summed E-state index contributed by atoms with van der Waals surface area (Å²) in [5.41, 5.74) is 5.24. The van der Waals surface area contributed by atoms with Gasteiger partial charge in [-0.1, -0.05) is 25.1 Å². The number of hydrogen-bond donors (Lipinski definition) is 1. The van der Waals surface area contributed by atoms with E-state index < -0.39 is 0 Å². The fourth-order valence-corrected chi connectivity index (χ4v) is 2.27. The SMILES string of the molecule is CCCNc1ccc(-c2ccc3nc(C)oc3c2)cc1. The van der Waals surface area contributed by atoms with Crippen molar-refractivity contribution in [2.75, 3.05) is 11.9 Å². The van der Waals surface area contributed by atoms with Crippen molar-refractivity contribution in [1.82, 2.24) is 4.98 Å². The second kappa shape index (κ2) is 5.37. The third kappa shape index (κ3) is 2.52. The number of aromatic nitrogens is 1. The molecule has 3 aromatic rings. The first-order chi connectivity index (χ1) is 9.76. The maximum absolute atomic E-state index is 5.58. The van der Waals surface area contributed by atoms with Crippen molar-refractivity contribution < 1.29 is 4.42 Å². The first-order valence-corrected chi connectivity index (χ1v) is 6.98. The molecule has 3 rings (SSSR count). The maximum atomic E-state index is 5.58. The van der Waals surface area contributed by atoms with Gasteiger partial charge in [0.25, 0.3) is 0 Å². The van der Waals surface area contributed by atoms with Crippen molar-refractivity contribution in [3.63, 3.8) is 0 Å². The summed E-state index contributed by atoms with van der Waals surface area (Å²) in [6.45, 7) is 5.03. The van der Waals surface area contributed by atoms with Gasteiger partial charge in [0.2, 0.25) is 0 Å². The van der Waals surface area contributed by atoms with Crippen molar-refractivity contribution in [3.05, 3.63) is 48.4 Å². The molecule has 1 heterocycles. The van der Waals surface area contributed by atoms with Gasteiger partial charge in [-0.05, 0) is 41.8 Å². The van der Waals surface area contributed by atoms with Crippen LogP contribution in [0.25, 0.3) is 22.2 Å². The lowest BCUT2D eigenvalue weighted by atomic mass is 10.1. The van der Waals surface area contributed by atoms with Gasteiger partial charge in [0.15, 0.2) is 11.5 Å². The number of rotatable bonds is 4. The molecule has 0 fully saturated rings. The van der Waals surface area contributed by atoms with Crippen LogP contribution < -0.4 is 5.32 Å². The molecule has 0 aliphatic rings. The minimum Gasteiger partial charge on any atom is -0.441 e. The monoisotopic (exact) mass is 266 g/mol. The highest BCUT2D eigenvalue weighted by atomic mass is 16.3. The standard InChI is InChI=1S/C17H18N2O/c1-3-10-18-15-7-4-13(5-8-15)14-6-9-16-17(11-14)20-12(2)19-16/h4-9,11,18H,3,10H2,1-2H3. The highest BCUT2D eigenvalue weighted by molar-refractivity contribution is 5.80. The zero-order valence-corrected chi connectivity index (χ0v) is 11.8. The summed E-state index contributed by atoms with van der Waals surface area (Å²) in [6, 6.07) is 14.6. The predicted molar refractivity (Wildman–Crippen MR) is 83.0 cm³/mol. The van der Waals surface area contributed by atoms with Gasteiger partial charge < -0.3 is 9.73 Å². The molecule has 0 aliphatic carbocycles. The number of anilines is 1. The summed E-state index contributed by atoms with van der Waals surface area (Å²) in [4.78, 5) is 4.32. The molecular weight excluding hydrogens is 248 g/mol. The van der Waals surface area contributed by atoms with E-state index in [0.29, 0.717) is 5.89 Å². The van der Waals surface area contributed by atoms with Gasteiger partial charge in [0, 0.05) is 19.2 Å². The van der Waals surface area contributed by atoms with Crippen LogP contribution in [0.15, 0.2) is 46.9 Å². The number of nitrogens with one attached hydrogen (secondary N) is 1. The van der Waals surface area contributed by atoms with Crippen LogP contribution in [0, 0.1) is 6.92 Å². The molecule has 0 aliphatic heterocycles. The Bertz CT molecular complexity index is 713. The lowest BCUT2D eigenvalue weighted by Crippen LogP contribution is -1.98. The molecule has 0 unspecified atom stereocenters. The summed E-state index contributed by atoms with van der Waals surface area (Å²) >= 11 is 0. The van der Waals surface area contributed by atoms with E-state index in [1.54, 1.807) is 0 Å². The number of aryl methyl sites for hydroxylation is 1. The van der Waals surface area contributed by atoms with Crippen molar-refractivity contribution in [2.45, 2.75) is 20.3 Å². The van der Waals surface area contributed by atoms with Crippen LogP contribution >= 0.6 is 0 Å². The Morgan fingerprint density at radius 2 is 1.80 bits per heavy atom. The Morgan fingerprint density at radius 3 is 2.55 bits per heavy atom. The summed E-state index contributed by atoms with van der Waals surface area (Å²) in [5.74, 6) is 0.705. The van der Waals surface area contributed by atoms with Crippen LogP contribution in [-0.4, -0.2) is 11.5 Å².